The molecule has 0 bridgehead atoms. The predicted octanol–water partition coefficient (Wildman–Crippen LogP) is 3.06. The van der Waals surface area contributed by atoms with Gasteiger partial charge < -0.3 is 19.7 Å². The molecule has 8 nitrogen and oxygen atoms in total. The molecule has 0 radical (unpaired) electrons. The van der Waals surface area contributed by atoms with E-state index in [1.54, 1.807) is 25.3 Å². The number of benzene rings is 1. The summed E-state index contributed by atoms with van der Waals surface area (Å²) in [5.74, 6) is 1.31. The molecular formula is C21H26N4O4. The molecule has 29 heavy (non-hydrogen) atoms. The number of nitrogens with zero attached hydrogens (tertiary/aromatic N) is 2. The smallest absolute Gasteiger partial charge is 0.257 e. The van der Waals surface area contributed by atoms with E-state index in [0.29, 0.717) is 29.4 Å². The van der Waals surface area contributed by atoms with Crippen LogP contribution in [0.3, 0.4) is 0 Å². The number of H-pyrrole nitrogens is 1. The molecule has 8 heteroatoms. The van der Waals surface area contributed by atoms with Gasteiger partial charge in [0, 0.05) is 16.5 Å². The summed E-state index contributed by atoms with van der Waals surface area (Å²) in [6.07, 6.45) is 1.82. The summed E-state index contributed by atoms with van der Waals surface area (Å²) in [5.41, 5.74) is 1.50. The van der Waals surface area contributed by atoms with Crippen molar-refractivity contribution in [2.75, 3.05) is 19.5 Å². The largest absolute Gasteiger partial charge is 0.493 e. The fourth-order valence-corrected chi connectivity index (χ4v) is 3.92. The second kappa shape index (κ2) is 6.50. The summed E-state index contributed by atoms with van der Waals surface area (Å²) < 4.78 is 10.5. The molecule has 2 heterocycles. The summed E-state index contributed by atoms with van der Waals surface area (Å²) in [6, 6.07) is 4.98. The molecule has 0 saturated heterocycles. The Morgan fingerprint density at radius 1 is 1.17 bits per heavy atom. The number of anilines is 1. The third-order valence-corrected chi connectivity index (χ3v) is 5.65. The van der Waals surface area contributed by atoms with Crippen LogP contribution in [0.25, 0.3) is 0 Å². The van der Waals surface area contributed by atoms with Crippen LogP contribution in [0.1, 0.15) is 55.2 Å². The van der Waals surface area contributed by atoms with Gasteiger partial charge in [-0.2, -0.15) is 5.10 Å². The molecule has 4 rings (SSSR count). The van der Waals surface area contributed by atoms with Crippen LogP contribution < -0.4 is 14.8 Å². The van der Waals surface area contributed by atoms with Gasteiger partial charge in [0.1, 0.15) is 0 Å². The highest BCUT2D eigenvalue weighted by Crippen LogP contribution is 2.57. The van der Waals surface area contributed by atoms with Gasteiger partial charge in [-0.05, 0) is 31.0 Å². The van der Waals surface area contributed by atoms with Gasteiger partial charge in [0.15, 0.2) is 17.3 Å². The number of nitrogens with one attached hydrogen (secondary N) is 2. The molecule has 2 aliphatic rings. The van der Waals surface area contributed by atoms with E-state index in [0.717, 1.165) is 24.1 Å². The normalized spacial score (nSPS) is 16.5. The van der Waals surface area contributed by atoms with Gasteiger partial charge in [0.25, 0.3) is 5.91 Å². The number of amides is 2. The average Bonchev–Trinajstić information content (AvgIpc) is 3.29. The molecule has 0 unspecified atom stereocenters. The van der Waals surface area contributed by atoms with Crippen LogP contribution in [0.4, 0.5) is 5.82 Å². The fraction of sp³-hybridized carbons (Fsp3) is 0.476. The Kier molecular flexibility index (Phi) is 4.33. The van der Waals surface area contributed by atoms with E-state index >= 15 is 0 Å². The number of hydrogen-bond acceptors (Lipinski definition) is 5. The molecule has 1 aliphatic carbocycles. The summed E-state index contributed by atoms with van der Waals surface area (Å²) in [5, 5.41) is 10.3. The monoisotopic (exact) mass is 398 g/mol. The molecule has 2 N–H and O–H groups in total. The zero-order valence-corrected chi connectivity index (χ0v) is 17.4. The number of aromatic nitrogens is 2. The Bertz CT molecular complexity index is 985. The zero-order valence-electron chi connectivity index (χ0n) is 17.4. The molecular weight excluding hydrogens is 372 g/mol. The number of aromatic amines is 1. The molecule has 1 fully saturated rings. The van der Waals surface area contributed by atoms with Crippen LogP contribution in [0.5, 0.6) is 11.5 Å². The van der Waals surface area contributed by atoms with Gasteiger partial charge in [-0.25, -0.2) is 0 Å². The lowest BCUT2D eigenvalue weighted by Gasteiger charge is -2.31. The van der Waals surface area contributed by atoms with Crippen molar-refractivity contribution in [3.05, 3.63) is 35.0 Å². The minimum Gasteiger partial charge on any atom is -0.493 e. The van der Waals surface area contributed by atoms with E-state index in [2.05, 4.69) is 15.5 Å². The van der Waals surface area contributed by atoms with E-state index in [1.165, 1.54) is 7.11 Å². The van der Waals surface area contributed by atoms with Crippen LogP contribution in [0.15, 0.2) is 18.2 Å². The SMILES string of the molecule is COc1ccc(C(=O)Nc2n[nH]c3c2CN(C(=O)C(C)(C)C)C32CC2)cc1OC. The summed E-state index contributed by atoms with van der Waals surface area (Å²) in [7, 11) is 3.07. The van der Waals surface area contributed by atoms with E-state index in [4.69, 9.17) is 9.47 Å². The lowest BCUT2D eigenvalue weighted by atomic mass is 9.94. The van der Waals surface area contributed by atoms with Crippen molar-refractivity contribution in [3.8, 4) is 11.5 Å². The van der Waals surface area contributed by atoms with E-state index in [-0.39, 0.29) is 17.4 Å². The van der Waals surface area contributed by atoms with Gasteiger partial charge in [0.2, 0.25) is 5.91 Å². The Morgan fingerprint density at radius 3 is 2.45 bits per heavy atom. The van der Waals surface area contributed by atoms with Gasteiger partial charge in [0.05, 0.1) is 32.0 Å². The van der Waals surface area contributed by atoms with Crippen molar-refractivity contribution < 1.29 is 19.1 Å². The molecule has 1 aromatic carbocycles. The number of fused-ring (bicyclic) bond motifs is 2. The zero-order chi connectivity index (χ0) is 21.0. The van der Waals surface area contributed by atoms with Crippen LogP contribution in [0, 0.1) is 5.41 Å². The fourth-order valence-electron chi connectivity index (χ4n) is 3.92. The molecule has 0 atom stereocenters. The number of carbonyl (C=O) groups is 2. The van der Waals surface area contributed by atoms with Crippen molar-refractivity contribution >= 4 is 17.6 Å². The number of methoxy groups -OCH3 is 2. The maximum atomic E-state index is 13.0. The third kappa shape index (κ3) is 3.03. The van der Waals surface area contributed by atoms with Gasteiger partial charge in [-0.1, -0.05) is 20.8 Å². The Balaban J connectivity index is 1.58. The van der Waals surface area contributed by atoms with Crippen LogP contribution in [0.2, 0.25) is 0 Å². The molecule has 2 amide bonds. The van der Waals surface area contributed by atoms with Gasteiger partial charge >= 0.3 is 0 Å². The minimum atomic E-state index is -0.463. The van der Waals surface area contributed by atoms with Crippen molar-refractivity contribution in [2.24, 2.45) is 5.41 Å². The maximum absolute atomic E-state index is 13.0. The topological polar surface area (TPSA) is 96.5 Å². The number of hydrogen-bond donors (Lipinski definition) is 2. The van der Waals surface area contributed by atoms with Crippen LogP contribution in [-0.2, 0) is 16.9 Å². The van der Waals surface area contributed by atoms with Crippen LogP contribution >= 0.6 is 0 Å². The molecule has 154 valence electrons. The Labute approximate surface area is 169 Å². The summed E-state index contributed by atoms with van der Waals surface area (Å²) in [6.45, 7) is 6.23. The number of ether oxygens (including phenoxy) is 2. The first-order valence-electron chi connectivity index (χ1n) is 9.64. The standard InChI is InChI=1S/C21H26N4O4/c1-20(2,3)19(27)25-11-13-16(21(25)8-9-21)23-24-17(13)22-18(26)12-6-7-14(28-4)15(10-12)29-5/h6-7,10H,8-9,11H2,1-5H3,(H2,22,23,24,26). The molecule has 1 saturated carbocycles. The summed E-state index contributed by atoms with van der Waals surface area (Å²) in [4.78, 5) is 27.7. The van der Waals surface area contributed by atoms with Crippen molar-refractivity contribution in [2.45, 2.75) is 45.7 Å². The molecule has 1 spiro atoms. The van der Waals surface area contributed by atoms with Gasteiger partial charge in [-0.15, -0.1) is 0 Å². The third-order valence-electron chi connectivity index (χ3n) is 5.65. The van der Waals surface area contributed by atoms with Crippen molar-refractivity contribution in [1.82, 2.24) is 15.1 Å². The minimum absolute atomic E-state index is 0.108. The lowest BCUT2D eigenvalue weighted by Crippen LogP contribution is -2.42. The first kappa shape index (κ1) is 19.3. The van der Waals surface area contributed by atoms with E-state index in [9.17, 15) is 9.59 Å². The Hall–Kier alpha value is -3.03. The number of rotatable bonds is 4. The summed E-state index contributed by atoms with van der Waals surface area (Å²) >= 11 is 0. The van der Waals surface area contributed by atoms with Crippen LogP contribution in [-0.4, -0.2) is 41.1 Å². The number of carbonyl (C=O) groups excluding carboxylic acids is 2. The predicted molar refractivity (Wildman–Crippen MR) is 107 cm³/mol. The second-order valence-electron chi connectivity index (χ2n) is 8.62. The van der Waals surface area contributed by atoms with Crippen molar-refractivity contribution in [1.29, 1.82) is 0 Å². The average molecular weight is 398 g/mol. The highest BCUT2D eigenvalue weighted by molar-refractivity contribution is 6.04. The molecule has 2 aromatic rings. The highest BCUT2D eigenvalue weighted by Gasteiger charge is 2.59. The van der Waals surface area contributed by atoms with E-state index in [1.807, 2.05) is 25.7 Å². The van der Waals surface area contributed by atoms with E-state index < -0.39 is 5.41 Å². The first-order valence-corrected chi connectivity index (χ1v) is 9.64. The molecule has 1 aromatic heterocycles. The first-order chi connectivity index (χ1) is 13.7. The quantitative estimate of drug-likeness (QED) is 0.825. The van der Waals surface area contributed by atoms with Crippen molar-refractivity contribution in [3.63, 3.8) is 0 Å². The molecule has 1 aliphatic heterocycles. The van der Waals surface area contributed by atoms with Gasteiger partial charge in [-0.3, -0.25) is 14.7 Å². The second-order valence-corrected chi connectivity index (χ2v) is 8.62. The highest BCUT2D eigenvalue weighted by atomic mass is 16.5. The lowest BCUT2D eigenvalue weighted by molar-refractivity contribution is -0.143. The maximum Gasteiger partial charge on any atom is 0.257 e. The Morgan fingerprint density at radius 2 is 1.86 bits per heavy atom.